The molecule has 0 aliphatic rings. The van der Waals surface area contributed by atoms with Gasteiger partial charge in [-0.25, -0.2) is 9.98 Å². The number of ether oxygens (including phenoxy) is 2. The highest BCUT2D eigenvalue weighted by atomic mass is 127. The molecule has 8 heteroatoms. The van der Waals surface area contributed by atoms with E-state index in [1.54, 1.807) is 7.11 Å². The van der Waals surface area contributed by atoms with Gasteiger partial charge in [-0.1, -0.05) is 6.07 Å². The highest BCUT2D eigenvalue weighted by Crippen LogP contribution is 2.08. The topological polar surface area (TPSA) is 71.0 Å². The summed E-state index contributed by atoms with van der Waals surface area (Å²) >= 11 is 0. The molecule has 0 radical (unpaired) electrons. The molecular formula is C17H32IN5O2. The van der Waals surface area contributed by atoms with Crippen LogP contribution in [-0.2, 0) is 16.0 Å². The minimum atomic E-state index is 0. The van der Waals surface area contributed by atoms with Crippen molar-refractivity contribution in [3.63, 3.8) is 0 Å². The summed E-state index contributed by atoms with van der Waals surface area (Å²) in [5.41, 5.74) is 0.946. The van der Waals surface area contributed by atoms with Crippen LogP contribution < -0.4 is 15.5 Å². The van der Waals surface area contributed by atoms with Gasteiger partial charge in [0.05, 0.1) is 25.5 Å². The molecule has 7 nitrogen and oxygen atoms in total. The molecule has 0 aliphatic carbocycles. The van der Waals surface area contributed by atoms with Crippen molar-refractivity contribution in [3.05, 3.63) is 23.9 Å². The number of hydrogen-bond donors (Lipinski definition) is 2. The van der Waals surface area contributed by atoms with E-state index in [0.29, 0.717) is 26.4 Å². The zero-order chi connectivity index (χ0) is 17.6. The number of nitrogens with one attached hydrogen (secondary N) is 2. The van der Waals surface area contributed by atoms with Crippen LogP contribution in [0.4, 0.5) is 5.82 Å². The number of hydrogen-bond acceptors (Lipinski definition) is 5. The second-order valence-electron chi connectivity index (χ2n) is 5.46. The summed E-state index contributed by atoms with van der Waals surface area (Å²) in [5.74, 6) is 1.74. The summed E-state index contributed by atoms with van der Waals surface area (Å²) in [7, 11) is 5.64. The average Bonchev–Trinajstić information content (AvgIpc) is 2.59. The van der Waals surface area contributed by atoms with Crippen LogP contribution in [0.1, 0.15) is 19.0 Å². The van der Waals surface area contributed by atoms with Crippen LogP contribution in [-0.4, -0.2) is 65.1 Å². The van der Waals surface area contributed by atoms with Crippen molar-refractivity contribution in [1.82, 2.24) is 15.6 Å². The Morgan fingerprint density at radius 3 is 2.68 bits per heavy atom. The van der Waals surface area contributed by atoms with E-state index in [0.717, 1.165) is 37.0 Å². The number of aromatic nitrogens is 1. The molecule has 0 saturated heterocycles. The van der Waals surface area contributed by atoms with E-state index in [4.69, 9.17) is 9.47 Å². The van der Waals surface area contributed by atoms with Crippen LogP contribution in [0.3, 0.4) is 0 Å². The smallest absolute Gasteiger partial charge is 0.191 e. The Labute approximate surface area is 168 Å². The summed E-state index contributed by atoms with van der Waals surface area (Å²) in [5, 5.41) is 6.55. The molecule has 1 rings (SSSR count). The number of anilines is 1. The molecule has 144 valence electrons. The lowest BCUT2D eigenvalue weighted by atomic mass is 10.3. The molecule has 0 aromatic carbocycles. The van der Waals surface area contributed by atoms with Crippen molar-refractivity contribution in [3.8, 4) is 0 Å². The molecule has 25 heavy (non-hydrogen) atoms. The van der Waals surface area contributed by atoms with Crippen molar-refractivity contribution < 1.29 is 9.47 Å². The van der Waals surface area contributed by atoms with Crippen LogP contribution in [0.15, 0.2) is 23.2 Å². The maximum Gasteiger partial charge on any atom is 0.191 e. The lowest BCUT2D eigenvalue weighted by molar-refractivity contribution is 0.0698. The summed E-state index contributed by atoms with van der Waals surface area (Å²) in [6.45, 7) is 6.21. The van der Waals surface area contributed by atoms with Crippen molar-refractivity contribution in [1.29, 1.82) is 0 Å². The number of nitrogens with zero attached hydrogens (tertiary/aromatic N) is 3. The number of pyridine rings is 1. The fourth-order valence-corrected chi connectivity index (χ4v) is 1.93. The quantitative estimate of drug-likeness (QED) is 0.225. The summed E-state index contributed by atoms with van der Waals surface area (Å²) in [6, 6.07) is 5.98. The Hall–Kier alpha value is -1.13. The molecule has 0 aliphatic heterocycles. The van der Waals surface area contributed by atoms with Crippen molar-refractivity contribution >= 4 is 35.8 Å². The fraction of sp³-hybridized carbons (Fsp3) is 0.647. The number of rotatable bonds is 11. The monoisotopic (exact) mass is 465 g/mol. The molecule has 2 N–H and O–H groups in total. The first-order valence-corrected chi connectivity index (χ1v) is 8.39. The molecule has 0 unspecified atom stereocenters. The lowest BCUT2D eigenvalue weighted by Crippen LogP contribution is -2.38. The molecule has 0 saturated carbocycles. The molecule has 1 heterocycles. The second kappa shape index (κ2) is 15.2. The van der Waals surface area contributed by atoms with Gasteiger partial charge in [-0.05, 0) is 25.5 Å². The van der Waals surface area contributed by atoms with Gasteiger partial charge in [-0.3, -0.25) is 0 Å². The normalized spacial score (nSPS) is 11.0. The molecule has 1 aromatic rings. The van der Waals surface area contributed by atoms with E-state index in [2.05, 4.69) is 27.5 Å². The van der Waals surface area contributed by atoms with E-state index >= 15 is 0 Å². The van der Waals surface area contributed by atoms with E-state index in [1.807, 2.05) is 37.2 Å². The maximum atomic E-state index is 5.44. The summed E-state index contributed by atoms with van der Waals surface area (Å²) in [4.78, 5) is 11.1. The van der Waals surface area contributed by atoms with Crippen molar-refractivity contribution in [2.75, 3.05) is 59.0 Å². The van der Waals surface area contributed by atoms with Crippen molar-refractivity contribution in [2.24, 2.45) is 4.99 Å². The summed E-state index contributed by atoms with van der Waals surface area (Å²) in [6.07, 6.45) is 0.919. The van der Waals surface area contributed by atoms with E-state index in [-0.39, 0.29) is 24.0 Å². The molecular weight excluding hydrogens is 433 g/mol. The van der Waals surface area contributed by atoms with Gasteiger partial charge in [0, 0.05) is 40.9 Å². The number of aliphatic imine (C=N–C) groups is 1. The maximum absolute atomic E-state index is 5.44. The van der Waals surface area contributed by atoms with E-state index in [9.17, 15) is 0 Å². The van der Waals surface area contributed by atoms with Gasteiger partial charge in [-0.15, -0.1) is 24.0 Å². The molecule has 0 bridgehead atoms. The predicted molar refractivity (Wildman–Crippen MR) is 114 cm³/mol. The van der Waals surface area contributed by atoms with Gasteiger partial charge >= 0.3 is 0 Å². The van der Waals surface area contributed by atoms with Crippen LogP contribution in [0, 0.1) is 0 Å². The third-order valence-corrected chi connectivity index (χ3v) is 3.18. The number of methoxy groups -OCH3 is 1. The highest BCUT2D eigenvalue weighted by molar-refractivity contribution is 14.0. The third kappa shape index (κ3) is 11.2. The van der Waals surface area contributed by atoms with Gasteiger partial charge in [0.15, 0.2) is 5.96 Å². The number of guanidine groups is 1. The summed E-state index contributed by atoms with van der Waals surface area (Å²) < 4.78 is 10.4. The van der Waals surface area contributed by atoms with E-state index in [1.165, 1.54) is 0 Å². The zero-order valence-electron chi connectivity index (χ0n) is 15.7. The Morgan fingerprint density at radius 1 is 1.20 bits per heavy atom. The van der Waals surface area contributed by atoms with Gasteiger partial charge < -0.3 is 25.0 Å². The Kier molecular flexibility index (Phi) is 14.5. The Balaban J connectivity index is 0.00000576. The molecule has 0 atom stereocenters. The largest absolute Gasteiger partial charge is 0.382 e. The first kappa shape index (κ1) is 23.9. The first-order valence-electron chi connectivity index (χ1n) is 8.39. The third-order valence-electron chi connectivity index (χ3n) is 3.18. The average molecular weight is 465 g/mol. The van der Waals surface area contributed by atoms with Crippen LogP contribution >= 0.6 is 24.0 Å². The zero-order valence-corrected chi connectivity index (χ0v) is 18.1. The van der Waals surface area contributed by atoms with Gasteiger partial charge in [-0.2, -0.15) is 0 Å². The lowest BCUT2D eigenvalue weighted by Gasteiger charge is -2.13. The van der Waals surface area contributed by atoms with Crippen molar-refractivity contribution in [2.45, 2.75) is 19.9 Å². The fourth-order valence-electron chi connectivity index (χ4n) is 1.93. The first-order chi connectivity index (χ1) is 11.7. The second-order valence-corrected chi connectivity index (χ2v) is 5.46. The standard InChI is InChI=1S/C17H31N5O2.HI/c1-5-18-17(19-10-7-11-24-13-12-23-4)20-14-15-8-6-9-16(21-15)22(2)3;/h6,8-9H,5,7,10-14H2,1-4H3,(H2,18,19,20);1H. The molecule has 0 fully saturated rings. The van der Waals surface area contributed by atoms with E-state index < -0.39 is 0 Å². The predicted octanol–water partition coefficient (Wildman–Crippen LogP) is 1.87. The molecule has 0 spiro atoms. The van der Waals surface area contributed by atoms with Gasteiger partial charge in [0.1, 0.15) is 5.82 Å². The highest BCUT2D eigenvalue weighted by Gasteiger charge is 2.01. The van der Waals surface area contributed by atoms with Gasteiger partial charge in [0.2, 0.25) is 0 Å². The Morgan fingerprint density at radius 2 is 2.00 bits per heavy atom. The number of halogens is 1. The molecule has 0 amide bonds. The SMILES string of the molecule is CCNC(=NCc1cccc(N(C)C)n1)NCCCOCCOC.I. The van der Waals surface area contributed by atoms with Crippen LogP contribution in [0.2, 0.25) is 0 Å². The minimum Gasteiger partial charge on any atom is -0.382 e. The minimum absolute atomic E-state index is 0. The van der Waals surface area contributed by atoms with Crippen LogP contribution in [0.25, 0.3) is 0 Å². The van der Waals surface area contributed by atoms with Gasteiger partial charge in [0.25, 0.3) is 0 Å². The molecule has 1 aromatic heterocycles. The Bertz CT molecular complexity index is 486. The van der Waals surface area contributed by atoms with Crippen LogP contribution in [0.5, 0.6) is 0 Å².